The van der Waals surface area contributed by atoms with Crippen LogP contribution >= 0.6 is 0 Å². The van der Waals surface area contributed by atoms with Crippen molar-refractivity contribution in [2.45, 2.75) is 6.92 Å². The van der Waals surface area contributed by atoms with Crippen LogP contribution in [0.3, 0.4) is 0 Å². The summed E-state index contributed by atoms with van der Waals surface area (Å²) in [7, 11) is 0. The topological polar surface area (TPSA) is 77.5 Å². The van der Waals surface area contributed by atoms with Gasteiger partial charge in [-0.3, -0.25) is 19.3 Å². The van der Waals surface area contributed by atoms with Crippen molar-refractivity contribution in [3.63, 3.8) is 0 Å². The molecule has 2 aromatic heterocycles. The molecule has 6 nitrogen and oxygen atoms in total. The molecule has 0 aliphatic carbocycles. The molecule has 0 fully saturated rings. The molecular formula is C9H7N3O3. The van der Waals surface area contributed by atoms with E-state index in [0.29, 0.717) is 23.2 Å². The zero-order chi connectivity index (χ0) is 11.0. The van der Waals surface area contributed by atoms with Crippen LogP contribution in [0.4, 0.5) is 5.69 Å². The summed E-state index contributed by atoms with van der Waals surface area (Å²) in [6, 6.07) is 1.57. The summed E-state index contributed by atoms with van der Waals surface area (Å²) < 4.78 is 1.40. The van der Waals surface area contributed by atoms with Gasteiger partial charge in [-0.1, -0.05) is 0 Å². The monoisotopic (exact) mass is 205 g/mol. The Morgan fingerprint density at radius 2 is 2.33 bits per heavy atom. The second-order valence-electron chi connectivity index (χ2n) is 3.13. The van der Waals surface area contributed by atoms with Gasteiger partial charge in [-0.2, -0.15) is 0 Å². The van der Waals surface area contributed by atoms with Crippen molar-refractivity contribution in [3.8, 4) is 0 Å². The predicted octanol–water partition coefficient (Wildman–Crippen LogP) is 1.36. The van der Waals surface area contributed by atoms with E-state index in [0.717, 1.165) is 0 Å². The zero-order valence-corrected chi connectivity index (χ0v) is 7.88. The molecule has 0 aliphatic rings. The molecule has 76 valence electrons. The largest absolute Gasteiger partial charge is 0.296 e. The maximum absolute atomic E-state index is 10.7. The summed E-state index contributed by atoms with van der Waals surface area (Å²) in [6.07, 6.45) is 3.30. The number of hydrogen-bond acceptors (Lipinski definition) is 4. The summed E-state index contributed by atoms with van der Waals surface area (Å²) in [5.74, 6) is 0. The number of nitro groups is 1. The van der Waals surface area contributed by atoms with E-state index in [4.69, 9.17) is 0 Å². The zero-order valence-electron chi connectivity index (χ0n) is 7.88. The van der Waals surface area contributed by atoms with Gasteiger partial charge in [0.2, 0.25) is 0 Å². The highest BCUT2D eigenvalue weighted by atomic mass is 16.6. The molecule has 0 bridgehead atoms. The molecule has 0 unspecified atom stereocenters. The van der Waals surface area contributed by atoms with Crippen molar-refractivity contribution in [1.82, 2.24) is 9.38 Å². The molecule has 2 rings (SSSR count). The summed E-state index contributed by atoms with van der Waals surface area (Å²) in [6.45, 7) is 1.63. The van der Waals surface area contributed by atoms with Gasteiger partial charge >= 0.3 is 0 Å². The van der Waals surface area contributed by atoms with Gasteiger partial charge < -0.3 is 0 Å². The Morgan fingerprint density at radius 3 is 2.93 bits per heavy atom. The van der Waals surface area contributed by atoms with Crippen LogP contribution in [0.15, 0.2) is 18.5 Å². The number of hydrogen-bond donors (Lipinski definition) is 0. The van der Waals surface area contributed by atoms with Crippen LogP contribution in [-0.4, -0.2) is 20.6 Å². The highest BCUT2D eigenvalue weighted by Gasteiger charge is 2.13. The number of fused-ring (bicyclic) bond motifs is 1. The molecule has 0 aromatic carbocycles. The van der Waals surface area contributed by atoms with Gasteiger partial charge in [0.25, 0.3) is 5.69 Å². The molecule has 15 heavy (non-hydrogen) atoms. The lowest BCUT2D eigenvalue weighted by molar-refractivity contribution is -0.385. The number of aryl methyl sites for hydroxylation is 1. The number of rotatable bonds is 2. The first-order valence-electron chi connectivity index (χ1n) is 4.21. The van der Waals surface area contributed by atoms with Gasteiger partial charge in [0.15, 0.2) is 6.29 Å². The summed E-state index contributed by atoms with van der Waals surface area (Å²) in [4.78, 5) is 24.8. The minimum atomic E-state index is -0.483. The third kappa shape index (κ3) is 1.35. The fourth-order valence-corrected chi connectivity index (χ4v) is 1.41. The van der Waals surface area contributed by atoms with Crippen molar-refractivity contribution >= 4 is 17.6 Å². The number of nitrogens with zero attached hydrogens (tertiary/aromatic N) is 3. The maximum atomic E-state index is 10.7. The molecule has 2 aromatic rings. The lowest BCUT2D eigenvalue weighted by Gasteiger charge is -1.99. The van der Waals surface area contributed by atoms with Gasteiger partial charge in [-0.05, 0) is 13.0 Å². The van der Waals surface area contributed by atoms with Crippen molar-refractivity contribution in [2.75, 3.05) is 0 Å². The van der Waals surface area contributed by atoms with Crippen molar-refractivity contribution in [1.29, 1.82) is 0 Å². The Balaban J connectivity index is 2.80. The third-order valence-corrected chi connectivity index (χ3v) is 2.17. The van der Waals surface area contributed by atoms with Gasteiger partial charge in [-0.25, -0.2) is 4.98 Å². The van der Waals surface area contributed by atoms with Crippen molar-refractivity contribution < 1.29 is 9.72 Å². The smallest absolute Gasteiger partial charge is 0.288 e. The van der Waals surface area contributed by atoms with E-state index < -0.39 is 4.92 Å². The molecule has 2 heterocycles. The second kappa shape index (κ2) is 3.16. The van der Waals surface area contributed by atoms with Crippen LogP contribution in [0.1, 0.15) is 16.1 Å². The first kappa shape index (κ1) is 9.32. The van der Waals surface area contributed by atoms with Crippen molar-refractivity contribution in [3.05, 3.63) is 39.8 Å². The predicted molar refractivity (Wildman–Crippen MR) is 52.0 cm³/mol. The molecule has 0 saturated carbocycles. The Bertz CT molecular complexity index is 559. The van der Waals surface area contributed by atoms with Gasteiger partial charge in [0, 0.05) is 5.56 Å². The van der Waals surface area contributed by atoms with E-state index in [1.54, 1.807) is 13.0 Å². The number of aromatic nitrogens is 2. The van der Waals surface area contributed by atoms with E-state index in [2.05, 4.69) is 4.98 Å². The average molecular weight is 205 g/mol. The number of carbonyl (C=O) groups excluding carboxylic acids is 1. The highest BCUT2D eigenvalue weighted by molar-refractivity contribution is 5.74. The second-order valence-corrected chi connectivity index (χ2v) is 3.13. The number of imidazole rings is 1. The minimum Gasteiger partial charge on any atom is -0.296 e. The van der Waals surface area contributed by atoms with Crippen LogP contribution in [0, 0.1) is 17.0 Å². The minimum absolute atomic E-state index is 0.0244. The summed E-state index contributed by atoms with van der Waals surface area (Å²) in [5, 5.41) is 10.7. The molecule has 0 spiro atoms. The molecule has 0 N–H and O–H groups in total. The number of aldehydes is 1. The number of pyridine rings is 1. The number of carbonyl (C=O) groups is 1. The fourth-order valence-electron chi connectivity index (χ4n) is 1.41. The molecule has 0 aliphatic heterocycles. The normalized spacial score (nSPS) is 10.5. The van der Waals surface area contributed by atoms with Crippen molar-refractivity contribution in [2.24, 2.45) is 0 Å². The fraction of sp³-hybridized carbons (Fsp3) is 0.111. The Labute approximate surface area is 84.3 Å². The molecule has 6 heteroatoms. The van der Waals surface area contributed by atoms with Gasteiger partial charge in [0.05, 0.1) is 17.3 Å². The first-order chi connectivity index (χ1) is 7.13. The van der Waals surface area contributed by atoms with Crippen LogP contribution in [0.25, 0.3) is 5.65 Å². The average Bonchev–Trinajstić information content (AvgIpc) is 2.58. The Morgan fingerprint density at radius 1 is 1.60 bits per heavy atom. The molecule has 0 radical (unpaired) electrons. The van der Waals surface area contributed by atoms with Crippen LogP contribution in [-0.2, 0) is 0 Å². The van der Waals surface area contributed by atoms with Gasteiger partial charge in [-0.15, -0.1) is 0 Å². The third-order valence-electron chi connectivity index (χ3n) is 2.17. The SMILES string of the molecule is Cc1cc2ncc(C=O)n2cc1[N+](=O)[O-]. The van der Waals surface area contributed by atoms with Crippen LogP contribution < -0.4 is 0 Å². The lowest BCUT2D eigenvalue weighted by atomic mass is 10.2. The Hall–Kier alpha value is -2.24. The van der Waals surface area contributed by atoms with Gasteiger partial charge in [0.1, 0.15) is 11.3 Å². The maximum Gasteiger partial charge on any atom is 0.288 e. The highest BCUT2D eigenvalue weighted by Crippen LogP contribution is 2.19. The van der Waals surface area contributed by atoms with Crippen LogP contribution in [0.5, 0.6) is 0 Å². The quantitative estimate of drug-likeness (QED) is 0.421. The van der Waals surface area contributed by atoms with E-state index in [-0.39, 0.29) is 5.69 Å². The summed E-state index contributed by atoms with van der Waals surface area (Å²) >= 11 is 0. The van der Waals surface area contributed by atoms with E-state index in [1.807, 2.05) is 0 Å². The van der Waals surface area contributed by atoms with E-state index >= 15 is 0 Å². The summed E-state index contributed by atoms with van der Waals surface area (Å²) in [5.41, 5.74) is 1.33. The molecular weight excluding hydrogens is 198 g/mol. The van der Waals surface area contributed by atoms with E-state index in [9.17, 15) is 14.9 Å². The van der Waals surface area contributed by atoms with E-state index in [1.165, 1.54) is 16.8 Å². The molecule has 0 atom stereocenters. The standard InChI is InChI=1S/C9H7N3O3/c1-6-2-9-10-3-7(5-13)11(9)4-8(6)12(14)15/h2-5H,1H3. The first-order valence-corrected chi connectivity index (χ1v) is 4.21. The molecule has 0 amide bonds. The Kier molecular flexibility index (Phi) is 1.96. The van der Waals surface area contributed by atoms with Crippen LogP contribution in [0.2, 0.25) is 0 Å². The lowest BCUT2D eigenvalue weighted by Crippen LogP contribution is -1.97. The molecule has 0 saturated heterocycles.